The number of ether oxygens (including phenoxy) is 1. The Hall–Kier alpha value is -2.34. The largest absolute Gasteiger partial charge is 0.493 e. The average molecular weight is 352 g/mol. The molecule has 1 saturated heterocycles. The summed E-state index contributed by atoms with van der Waals surface area (Å²) >= 11 is 0. The van der Waals surface area contributed by atoms with Crippen molar-refractivity contribution in [2.24, 2.45) is 0 Å². The molecule has 0 radical (unpaired) electrons. The summed E-state index contributed by atoms with van der Waals surface area (Å²) in [6.07, 6.45) is 3.44. The monoisotopic (exact) mass is 352 g/mol. The number of carbonyl (C=O) groups excluding carboxylic acids is 1. The zero-order valence-corrected chi connectivity index (χ0v) is 14.9. The van der Waals surface area contributed by atoms with E-state index in [9.17, 15) is 4.79 Å². The maximum atomic E-state index is 12.7. The number of H-pyrrole nitrogens is 1. The van der Waals surface area contributed by atoms with E-state index in [0.717, 1.165) is 57.2 Å². The molecule has 5 rings (SSSR count). The fourth-order valence-electron chi connectivity index (χ4n) is 3.92. The van der Waals surface area contributed by atoms with E-state index in [4.69, 9.17) is 4.74 Å². The second-order valence-electron chi connectivity index (χ2n) is 7.59. The number of benzene rings is 1. The van der Waals surface area contributed by atoms with Crippen LogP contribution in [0.5, 0.6) is 5.75 Å². The average Bonchev–Trinajstić information content (AvgIpc) is 3.21. The molecule has 0 atom stereocenters. The van der Waals surface area contributed by atoms with Crippen molar-refractivity contribution in [3.05, 3.63) is 46.8 Å². The smallest absolute Gasteiger partial charge is 0.274 e. The lowest BCUT2D eigenvalue weighted by Crippen LogP contribution is -2.48. The molecule has 1 aromatic heterocycles. The van der Waals surface area contributed by atoms with Gasteiger partial charge in [0.2, 0.25) is 0 Å². The molecular weight excluding hydrogens is 328 g/mol. The number of fused-ring (bicyclic) bond motifs is 1. The molecule has 2 aliphatic heterocycles. The fourth-order valence-corrected chi connectivity index (χ4v) is 3.92. The van der Waals surface area contributed by atoms with E-state index in [1.807, 2.05) is 11.0 Å². The van der Waals surface area contributed by atoms with Gasteiger partial charge in [0.15, 0.2) is 0 Å². The number of aromatic nitrogens is 2. The van der Waals surface area contributed by atoms with Crippen molar-refractivity contribution in [3.63, 3.8) is 0 Å². The highest BCUT2D eigenvalue weighted by Gasteiger charge is 2.28. The van der Waals surface area contributed by atoms with E-state index in [0.29, 0.717) is 11.6 Å². The van der Waals surface area contributed by atoms with Crippen LogP contribution in [0.3, 0.4) is 0 Å². The van der Waals surface area contributed by atoms with Gasteiger partial charge in [-0.15, -0.1) is 0 Å². The van der Waals surface area contributed by atoms with Gasteiger partial charge < -0.3 is 9.64 Å². The normalized spacial score (nSPS) is 20.1. The van der Waals surface area contributed by atoms with Gasteiger partial charge in [-0.3, -0.25) is 14.8 Å². The van der Waals surface area contributed by atoms with Crippen LogP contribution in [0, 0.1) is 0 Å². The lowest BCUT2D eigenvalue weighted by atomic mass is 10.1. The Morgan fingerprint density at radius 1 is 1.19 bits per heavy atom. The molecule has 1 aromatic carbocycles. The Kier molecular flexibility index (Phi) is 3.93. The van der Waals surface area contributed by atoms with E-state index < -0.39 is 0 Å². The Morgan fingerprint density at radius 2 is 2.04 bits per heavy atom. The molecule has 6 heteroatoms. The summed E-state index contributed by atoms with van der Waals surface area (Å²) < 4.78 is 5.58. The van der Waals surface area contributed by atoms with Gasteiger partial charge in [-0.1, -0.05) is 12.1 Å². The third-order valence-corrected chi connectivity index (χ3v) is 5.65. The summed E-state index contributed by atoms with van der Waals surface area (Å²) in [5, 5.41) is 7.26. The number of piperazine rings is 1. The van der Waals surface area contributed by atoms with Crippen LogP contribution in [0.4, 0.5) is 0 Å². The molecule has 1 aliphatic carbocycles. The van der Waals surface area contributed by atoms with E-state index in [1.165, 1.54) is 24.0 Å². The third-order valence-electron chi connectivity index (χ3n) is 5.65. The van der Waals surface area contributed by atoms with Gasteiger partial charge >= 0.3 is 0 Å². The Bertz CT molecular complexity index is 819. The van der Waals surface area contributed by atoms with Crippen molar-refractivity contribution in [3.8, 4) is 5.75 Å². The van der Waals surface area contributed by atoms with Gasteiger partial charge in [0.25, 0.3) is 5.91 Å². The van der Waals surface area contributed by atoms with Crippen molar-refractivity contribution in [2.45, 2.75) is 31.7 Å². The quantitative estimate of drug-likeness (QED) is 0.916. The molecule has 3 heterocycles. The zero-order valence-electron chi connectivity index (χ0n) is 14.9. The predicted molar refractivity (Wildman–Crippen MR) is 97.4 cm³/mol. The lowest BCUT2D eigenvalue weighted by molar-refractivity contribution is 0.0622. The highest BCUT2D eigenvalue weighted by Crippen LogP contribution is 2.39. The first-order valence-electron chi connectivity index (χ1n) is 9.58. The minimum absolute atomic E-state index is 0.0579. The zero-order chi connectivity index (χ0) is 17.5. The molecular formula is C20H24N4O2. The van der Waals surface area contributed by atoms with Gasteiger partial charge in [-0.05, 0) is 36.1 Å². The van der Waals surface area contributed by atoms with E-state index in [2.05, 4.69) is 33.3 Å². The summed E-state index contributed by atoms with van der Waals surface area (Å²) in [6.45, 7) is 5.06. The van der Waals surface area contributed by atoms with Crippen molar-refractivity contribution >= 4 is 5.91 Å². The number of nitrogens with one attached hydrogen (secondary N) is 1. The number of nitrogens with zero attached hydrogens (tertiary/aromatic N) is 3. The number of carbonyl (C=O) groups is 1. The predicted octanol–water partition coefficient (Wildman–Crippen LogP) is 2.18. The van der Waals surface area contributed by atoms with Crippen LogP contribution in [-0.2, 0) is 13.0 Å². The van der Waals surface area contributed by atoms with Crippen LogP contribution in [0.1, 0.15) is 46.1 Å². The Morgan fingerprint density at radius 3 is 2.85 bits per heavy atom. The summed E-state index contributed by atoms with van der Waals surface area (Å²) in [6, 6.07) is 8.46. The molecule has 0 bridgehead atoms. The standard InChI is InChI=1S/C20H24N4O2/c25-20(18-12-17(21-22-18)15-2-3-15)24-8-6-23(7-9-24)13-14-1-4-19-16(11-14)5-10-26-19/h1,4,11-12,15H,2-3,5-10,13H2,(H,21,22). The van der Waals surface area contributed by atoms with E-state index in [-0.39, 0.29) is 5.91 Å². The Labute approximate surface area is 153 Å². The lowest BCUT2D eigenvalue weighted by Gasteiger charge is -2.34. The van der Waals surface area contributed by atoms with E-state index >= 15 is 0 Å². The third kappa shape index (κ3) is 3.09. The van der Waals surface area contributed by atoms with Gasteiger partial charge in [0.05, 0.1) is 6.61 Å². The van der Waals surface area contributed by atoms with Crippen LogP contribution < -0.4 is 4.74 Å². The first-order chi connectivity index (χ1) is 12.8. The summed E-state index contributed by atoms with van der Waals surface area (Å²) in [5.41, 5.74) is 4.34. The molecule has 1 N–H and O–H groups in total. The first-order valence-corrected chi connectivity index (χ1v) is 9.58. The second kappa shape index (κ2) is 6.43. The number of rotatable bonds is 4. The van der Waals surface area contributed by atoms with Gasteiger partial charge in [0, 0.05) is 50.8 Å². The van der Waals surface area contributed by atoms with Gasteiger partial charge in [-0.25, -0.2) is 0 Å². The van der Waals surface area contributed by atoms with Crippen LogP contribution >= 0.6 is 0 Å². The van der Waals surface area contributed by atoms with Crippen LogP contribution in [0.2, 0.25) is 0 Å². The number of amides is 1. The summed E-state index contributed by atoms with van der Waals surface area (Å²) in [4.78, 5) is 17.0. The minimum Gasteiger partial charge on any atom is -0.493 e. The molecule has 0 unspecified atom stereocenters. The maximum Gasteiger partial charge on any atom is 0.274 e. The fraction of sp³-hybridized carbons (Fsp3) is 0.500. The highest BCUT2D eigenvalue weighted by molar-refractivity contribution is 5.92. The van der Waals surface area contributed by atoms with Crippen molar-refractivity contribution in [1.82, 2.24) is 20.0 Å². The van der Waals surface area contributed by atoms with Crippen molar-refractivity contribution < 1.29 is 9.53 Å². The molecule has 2 fully saturated rings. The van der Waals surface area contributed by atoms with E-state index in [1.54, 1.807) is 0 Å². The molecule has 1 amide bonds. The molecule has 3 aliphatic rings. The Balaban J connectivity index is 1.17. The summed E-state index contributed by atoms with van der Waals surface area (Å²) in [7, 11) is 0. The molecule has 0 spiro atoms. The maximum absolute atomic E-state index is 12.7. The van der Waals surface area contributed by atoms with Crippen LogP contribution in [0.15, 0.2) is 24.3 Å². The molecule has 1 saturated carbocycles. The van der Waals surface area contributed by atoms with Crippen LogP contribution in [-0.4, -0.2) is 58.7 Å². The molecule has 6 nitrogen and oxygen atoms in total. The SMILES string of the molecule is O=C(c1cc(C2CC2)[nH]n1)N1CCN(Cc2ccc3c(c2)CCO3)CC1. The molecule has 2 aromatic rings. The highest BCUT2D eigenvalue weighted by atomic mass is 16.5. The topological polar surface area (TPSA) is 61.5 Å². The van der Waals surface area contributed by atoms with Crippen molar-refractivity contribution in [2.75, 3.05) is 32.8 Å². The first kappa shape index (κ1) is 15.9. The van der Waals surface area contributed by atoms with Gasteiger partial charge in [0.1, 0.15) is 11.4 Å². The number of hydrogen-bond donors (Lipinski definition) is 1. The number of hydrogen-bond acceptors (Lipinski definition) is 4. The van der Waals surface area contributed by atoms with Crippen molar-refractivity contribution in [1.29, 1.82) is 0 Å². The molecule has 136 valence electrons. The second-order valence-corrected chi connectivity index (χ2v) is 7.59. The summed E-state index contributed by atoms with van der Waals surface area (Å²) in [5.74, 6) is 1.69. The minimum atomic E-state index is 0.0579. The molecule has 26 heavy (non-hydrogen) atoms. The van der Waals surface area contributed by atoms with Gasteiger partial charge in [-0.2, -0.15) is 5.10 Å². The van der Waals surface area contributed by atoms with Crippen LogP contribution in [0.25, 0.3) is 0 Å². The number of aromatic amines is 1.